The van der Waals surface area contributed by atoms with Gasteiger partial charge in [-0.3, -0.25) is 4.68 Å². The van der Waals surface area contributed by atoms with Crippen LogP contribution in [0.2, 0.25) is 0 Å². The van der Waals surface area contributed by atoms with Crippen LogP contribution in [0, 0.1) is 17.1 Å². The lowest BCUT2D eigenvalue weighted by Crippen LogP contribution is -1.95. The van der Waals surface area contributed by atoms with Crippen molar-refractivity contribution >= 4 is 15.9 Å². The fraction of sp³-hybridized carbons (Fsp3) is 0.0909. The number of benzene rings is 1. The van der Waals surface area contributed by atoms with E-state index in [0.717, 1.165) is 0 Å². The summed E-state index contributed by atoms with van der Waals surface area (Å²) in [4.78, 5) is 0. The van der Waals surface area contributed by atoms with Crippen molar-refractivity contribution in [3.63, 3.8) is 0 Å². The molecule has 3 nitrogen and oxygen atoms in total. The lowest BCUT2D eigenvalue weighted by molar-refractivity contribution is 0.628. The van der Waals surface area contributed by atoms with E-state index in [1.807, 2.05) is 6.07 Å². The SMILES string of the molecule is Cn1nc(C#N)c(Br)c1-c1ccccc1F. The quantitative estimate of drug-likeness (QED) is 0.806. The minimum atomic E-state index is -0.337. The molecular formula is C11H7BrFN3. The number of aryl methyl sites for hydroxylation is 1. The summed E-state index contributed by atoms with van der Waals surface area (Å²) in [6, 6.07) is 8.33. The summed E-state index contributed by atoms with van der Waals surface area (Å²) in [6.07, 6.45) is 0. The lowest BCUT2D eigenvalue weighted by atomic mass is 10.1. The van der Waals surface area contributed by atoms with Gasteiger partial charge in [0.2, 0.25) is 0 Å². The van der Waals surface area contributed by atoms with Crippen LogP contribution >= 0.6 is 15.9 Å². The first kappa shape index (κ1) is 10.8. The largest absolute Gasteiger partial charge is 0.265 e. The minimum absolute atomic E-state index is 0.251. The molecule has 2 aromatic rings. The molecule has 0 aliphatic rings. The second-order valence-corrected chi connectivity index (χ2v) is 4.02. The van der Waals surface area contributed by atoms with E-state index in [-0.39, 0.29) is 11.5 Å². The minimum Gasteiger partial charge on any atom is -0.265 e. The molecule has 0 saturated heterocycles. The Morgan fingerprint density at radius 2 is 2.12 bits per heavy atom. The zero-order chi connectivity index (χ0) is 11.7. The molecule has 1 aromatic carbocycles. The molecule has 0 aliphatic carbocycles. The summed E-state index contributed by atoms with van der Waals surface area (Å²) >= 11 is 3.26. The summed E-state index contributed by atoms with van der Waals surface area (Å²) in [7, 11) is 1.67. The van der Waals surface area contributed by atoms with E-state index in [2.05, 4.69) is 21.0 Å². The van der Waals surface area contributed by atoms with Gasteiger partial charge in [0.15, 0.2) is 5.69 Å². The van der Waals surface area contributed by atoms with Gasteiger partial charge < -0.3 is 0 Å². The zero-order valence-corrected chi connectivity index (χ0v) is 9.99. The Labute approximate surface area is 100 Å². The Hall–Kier alpha value is -1.67. The summed E-state index contributed by atoms with van der Waals surface area (Å²) in [5.74, 6) is -0.337. The molecule has 0 N–H and O–H groups in total. The summed E-state index contributed by atoms with van der Waals surface area (Å²) in [6.45, 7) is 0. The Morgan fingerprint density at radius 3 is 2.69 bits per heavy atom. The first-order chi connectivity index (χ1) is 7.65. The van der Waals surface area contributed by atoms with Crippen molar-refractivity contribution in [2.75, 3.05) is 0 Å². The first-order valence-electron chi connectivity index (χ1n) is 4.52. The molecule has 0 aliphatic heterocycles. The fourth-order valence-corrected chi connectivity index (χ4v) is 2.15. The van der Waals surface area contributed by atoms with Crippen LogP contribution in [-0.4, -0.2) is 9.78 Å². The number of hydrogen-bond acceptors (Lipinski definition) is 2. The normalized spacial score (nSPS) is 10.1. The molecular weight excluding hydrogens is 273 g/mol. The lowest BCUT2D eigenvalue weighted by Gasteiger charge is -2.03. The standard InChI is InChI=1S/C11H7BrFN3/c1-16-11(10(12)9(6-14)15-16)7-4-2-3-5-8(7)13/h2-5H,1H3. The number of halogens is 2. The Morgan fingerprint density at radius 1 is 1.44 bits per heavy atom. The summed E-state index contributed by atoms with van der Waals surface area (Å²) < 4.78 is 15.6. The van der Waals surface area contributed by atoms with E-state index in [9.17, 15) is 4.39 Å². The molecule has 0 fully saturated rings. The van der Waals surface area contributed by atoms with Gasteiger partial charge in [-0.2, -0.15) is 10.4 Å². The first-order valence-corrected chi connectivity index (χ1v) is 5.32. The maximum absolute atomic E-state index is 13.6. The van der Waals surface area contributed by atoms with Crippen molar-refractivity contribution in [2.45, 2.75) is 0 Å². The van der Waals surface area contributed by atoms with Crippen LogP contribution in [0.5, 0.6) is 0 Å². The molecule has 1 aromatic heterocycles. The number of aromatic nitrogens is 2. The molecule has 80 valence electrons. The fourth-order valence-electron chi connectivity index (χ4n) is 1.52. The van der Waals surface area contributed by atoms with Crippen molar-refractivity contribution < 1.29 is 4.39 Å². The second kappa shape index (κ2) is 4.06. The Bertz CT molecular complexity index is 583. The van der Waals surface area contributed by atoms with Crippen molar-refractivity contribution in [3.8, 4) is 17.3 Å². The van der Waals surface area contributed by atoms with Gasteiger partial charge in [-0.15, -0.1) is 0 Å². The maximum atomic E-state index is 13.6. The summed E-state index contributed by atoms with van der Waals surface area (Å²) in [5.41, 5.74) is 1.24. The predicted molar refractivity (Wildman–Crippen MR) is 61.0 cm³/mol. The zero-order valence-electron chi connectivity index (χ0n) is 8.41. The molecule has 2 rings (SSSR count). The van der Waals surface area contributed by atoms with Crippen molar-refractivity contribution in [3.05, 3.63) is 40.2 Å². The third-order valence-corrected chi connectivity index (χ3v) is 2.98. The van der Waals surface area contributed by atoms with Gasteiger partial charge in [0.25, 0.3) is 0 Å². The third-order valence-electron chi connectivity index (χ3n) is 2.22. The molecule has 16 heavy (non-hydrogen) atoms. The van der Waals surface area contributed by atoms with Gasteiger partial charge in [0, 0.05) is 12.6 Å². The number of nitrogens with zero attached hydrogens (tertiary/aromatic N) is 3. The molecule has 1 heterocycles. The second-order valence-electron chi connectivity index (χ2n) is 3.23. The van der Waals surface area contributed by atoms with Crippen LogP contribution in [0.4, 0.5) is 4.39 Å². The summed E-state index contributed by atoms with van der Waals surface area (Å²) in [5, 5.41) is 12.8. The van der Waals surface area contributed by atoms with Crippen LogP contribution < -0.4 is 0 Å². The molecule has 0 radical (unpaired) electrons. The van der Waals surface area contributed by atoms with Gasteiger partial charge in [-0.05, 0) is 28.1 Å². The molecule has 0 saturated carbocycles. The molecule has 5 heteroatoms. The molecule has 0 unspecified atom stereocenters. The van der Waals surface area contributed by atoms with Gasteiger partial charge in [0.1, 0.15) is 11.9 Å². The number of nitriles is 1. The highest BCUT2D eigenvalue weighted by molar-refractivity contribution is 9.10. The van der Waals surface area contributed by atoms with E-state index in [1.54, 1.807) is 25.2 Å². The number of rotatable bonds is 1. The third kappa shape index (κ3) is 1.61. The van der Waals surface area contributed by atoms with Crippen LogP contribution in [0.1, 0.15) is 5.69 Å². The van der Waals surface area contributed by atoms with Crippen LogP contribution in [-0.2, 0) is 7.05 Å². The van der Waals surface area contributed by atoms with Crippen molar-refractivity contribution in [1.29, 1.82) is 5.26 Å². The van der Waals surface area contributed by atoms with Crippen LogP contribution in [0.3, 0.4) is 0 Å². The van der Waals surface area contributed by atoms with E-state index in [1.165, 1.54) is 10.7 Å². The Balaban J connectivity index is 2.71. The van der Waals surface area contributed by atoms with E-state index in [0.29, 0.717) is 15.7 Å². The average molecular weight is 280 g/mol. The Kier molecular flexibility index (Phi) is 2.75. The molecule has 0 bridgehead atoms. The highest BCUT2D eigenvalue weighted by Crippen LogP contribution is 2.31. The number of hydrogen-bond donors (Lipinski definition) is 0. The topological polar surface area (TPSA) is 41.6 Å². The maximum Gasteiger partial charge on any atom is 0.177 e. The van der Waals surface area contributed by atoms with Crippen molar-refractivity contribution in [2.24, 2.45) is 7.05 Å². The smallest absolute Gasteiger partial charge is 0.177 e. The molecule has 0 atom stereocenters. The molecule has 0 amide bonds. The van der Waals surface area contributed by atoms with E-state index >= 15 is 0 Å². The van der Waals surface area contributed by atoms with E-state index < -0.39 is 0 Å². The monoisotopic (exact) mass is 279 g/mol. The van der Waals surface area contributed by atoms with Crippen LogP contribution in [0.25, 0.3) is 11.3 Å². The average Bonchev–Trinajstić information content (AvgIpc) is 2.55. The highest BCUT2D eigenvalue weighted by Gasteiger charge is 2.17. The van der Waals surface area contributed by atoms with Gasteiger partial charge in [-0.25, -0.2) is 4.39 Å². The van der Waals surface area contributed by atoms with Gasteiger partial charge in [0.05, 0.1) is 10.2 Å². The molecule has 0 spiro atoms. The van der Waals surface area contributed by atoms with E-state index in [4.69, 9.17) is 5.26 Å². The predicted octanol–water partition coefficient (Wildman–Crippen LogP) is 2.86. The van der Waals surface area contributed by atoms with Gasteiger partial charge >= 0.3 is 0 Å². The highest BCUT2D eigenvalue weighted by atomic mass is 79.9. The van der Waals surface area contributed by atoms with Crippen molar-refractivity contribution in [1.82, 2.24) is 9.78 Å². The van der Waals surface area contributed by atoms with Gasteiger partial charge in [-0.1, -0.05) is 12.1 Å². The van der Waals surface area contributed by atoms with Crippen LogP contribution in [0.15, 0.2) is 28.7 Å².